The smallest absolute Gasteiger partial charge is 0.255 e. The van der Waals surface area contributed by atoms with Crippen LogP contribution >= 0.6 is 27.7 Å². The van der Waals surface area contributed by atoms with Gasteiger partial charge in [0.1, 0.15) is 0 Å². The Balaban J connectivity index is 2.12. The molecule has 1 aliphatic rings. The fraction of sp³-hybridized carbons (Fsp3) is 0.417. The average Bonchev–Trinajstić information content (AvgIpc) is 2.54. The van der Waals surface area contributed by atoms with E-state index in [-0.39, 0.29) is 5.91 Å². The van der Waals surface area contributed by atoms with E-state index in [1.807, 2.05) is 29.2 Å². The monoisotopic (exact) mass is 316 g/mol. The van der Waals surface area contributed by atoms with Crippen molar-refractivity contribution in [2.75, 3.05) is 26.2 Å². The van der Waals surface area contributed by atoms with Gasteiger partial charge >= 0.3 is 0 Å². The van der Waals surface area contributed by atoms with E-state index in [1.165, 1.54) is 0 Å². The van der Waals surface area contributed by atoms with Gasteiger partial charge in [0.15, 0.2) is 0 Å². The highest BCUT2D eigenvalue weighted by atomic mass is 79.9. The summed E-state index contributed by atoms with van der Waals surface area (Å²) >= 11 is 9.37. The van der Waals surface area contributed by atoms with Gasteiger partial charge in [0.25, 0.3) is 5.91 Å². The topological polar surface area (TPSA) is 23.6 Å². The maximum absolute atomic E-state index is 12.3. The number of amides is 1. The van der Waals surface area contributed by atoms with Crippen molar-refractivity contribution in [1.29, 1.82) is 0 Å². The third-order valence-electron chi connectivity index (χ3n) is 2.83. The molecule has 1 saturated heterocycles. The molecule has 3 nitrogen and oxygen atoms in total. The number of benzene rings is 1. The minimum atomic E-state index is 0.0736. The van der Waals surface area contributed by atoms with Crippen LogP contribution < -0.4 is 0 Å². The Morgan fingerprint density at radius 1 is 1.18 bits per heavy atom. The summed E-state index contributed by atoms with van der Waals surface area (Å²) in [5.74, 6) is 0.0736. The largest absolute Gasteiger partial charge is 0.337 e. The van der Waals surface area contributed by atoms with Crippen molar-refractivity contribution >= 4 is 33.6 Å². The Hall–Kier alpha value is -0.580. The Morgan fingerprint density at radius 2 is 1.94 bits per heavy atom. The van der Waals surface area contributed by atoms with E-state index >= 15 is 0 Å². The highest BCUT2D eigenvalue weighted by Crippen LogP contribution is 2.18. The van der Waals surface area contributed by atoms with Crippen LogP contribution in [0.25, 0.3) is 0 Å². The lowest BCUT2D eigenvalue weighted by Gasteiger charge is -2.20. The first kappa shape index (κ1) is 12.9. The van der Waals surface area contributed by atoms with Gasteiger partial charge in [-0.1, -0.05) is 12.1 Å². The van der Waals surface area contributed by atoms with Crippen molar-refractivity contribution < 1.29 is 4.79 Å². The van der Waals surface area contributed by atoms with Crippen molar-refractivity contribution in [3.63, 3.8) is 0 Å². The number of nitrogens with zero attached hydrogens (tertiary/aromatic N) is 2. The average molecular weight is 318 g/mol. The van der Waals surface area contributed by atoms with E-state index in [1.54, 1.807) is 4.42 Å². The summed E-state index contributed by atoms with van der Waals surface area (Å²) in [6, 6.07) is 7.52. The van der Waals surface area contributed by atoms with Crippen LogP contribution in [0.15, 0.2) is 28.7 Å². The van der Waals surface area contributed by atoms with Gasteiger partial charge in [-0.25, -0.2) is 4.42 Å². The minimum Gasteiger partial charge on any atom is -0.337 e. The quantitative estimate of drug-likeness (QED) is 0.744. The van der Waals surface area contributed by atoms with Crippen LogP contribution in [-0.4, -0.2) is 41.4 Å². The molecule has 1 fully saturated rings. The van der Waals surface area contributed by atoms with E-state index in [4.69, 9.17) is 11.8 Å². The number of halogens is 2. The van der Waals surface area contributed by atoms with Crippen molar-refractivity contribution in [2.24, 2.45) is 0 Å². The SMILES string of the molecule is O=C(c1ccccc1Br)N1CCCN(Cl)CC1. The highest BCUT2D eigenvalue weighted by molar-refractivity contribution is 9.10. The van der Waals surface area contributed by atoms with E-state index in [2.05, 4.69) is 15.9 Å². The Morgan fingerprint density at radius 3 is 2.71 bits per heavy atom. The minimum absolute atomic E-state index is 0.0736. The molecule has 92 valence electrons. The van der Waals surface area contributed by atoms with Crippen LogP contribution in [0.2, 0.25) is 0 Å². The van der Waals surface area contributed by atoms with Crippen LogP contribution in [0, 0.1) is 0 Å². The van der Waals surface area contributed by atoms with Gasteiger partial charge in [0, 0.05) is 30.7 Å². The molecule has 0 unspecified atom stereocenters. The van der Waals surface area contributed by atoms with E-state index in [9.17, 15) is 4.79 Å². The van der Waals surface area contributed by atoms with Crippen molar-refractivity contribution in [3.05, 3.63) is 34.3 Å². The van der Waals surface area contributed by atoms with E-state index in [0.29, 0.717) is 6.54 Å². The van der Waals surface area contributed by atoms with Crippen molar-refractivity contribution in [2.45, 2.75) is 6.42 Å². The molecular weight excluding hydrogens is 304 g/mol. The molecule has 17 heavy (non-hydrogen) atoms. The Labute approximate surface area is 115 Å². The van der Waals surface area contributed by atoms with Crippen LogP contribution in [0.4, 0.5) is 0 Å². The number of carbonyl (C=O) groups is 1. The second-order valence-electron chi connectivity index (χ2n) is 4.04. The first-order chi connectivity index (χ1) is 8.18. The molecule has 0 N–H and O–H groups in total. The number of hydrogen-bond acceptors (Lipinski definition) is 2. The number of rotatable bonds is 1. The van der Waals surface area contributed by atoms with Crippen LogP contribution in [0.3, 0.4) is 0 Å². The first-order valence-electron chi connectivity index (χ1n) is 5.63. The Kier molecular flexibility index (Phi) is 4.42. The molecule has 5 heteroatoms. The molecule has 0 saturated carbocycles. The summed E-state index contributed by atoms with van der Waals surface area (Å²) < 4.78 is 2.59. The maximum Gasteiger partial charge on any atom is 0.255 e. The summed E-state index contributed by atoms with van der Waals surface area (Å²) in [4.78, 5) is 14.2. The third kappa shape index (κ3) is 3.21. The zero-order chi connectivity index (χ0) is 12.3. The molecule has 0 atom stereocenters. The van der Waals surface area contributed by atoms with Gasteiger partial charge in [-0.3, -0.25) is 4.79 Å². The third-order valence-corrected chi connectivity index (χ3v) is 3.86. The fourth-order valence-corrected chi connectivity index (χ4v) is 2.54. The summed E-state index contributed by atoms with van der Waals surface area (Å²) in [5.41, 5.74) is 0.718. The van der Waals surface area contributed by atoms with Gasteiger partial charge in [0.2, 0.25) is 0 Å². The van der Waals surface area contributed by atoms with Gasteiger partial charge in [-0.05, 0) is 46.3 Å². The molecule has 0 spiro atoms. The summed E-state index contributed by atoms with van der Waals surface area (Å²) in [7, 11) is 0. The molecule has 1 aliphatic heterocycles. The lowest BCUT2D eigenvalue weighted by molar-refractivity contribution is 0.0763. The summed E-state index contributed by atoms with van der Waals surface area (Å²) in [5, 5.41) is 0. The normalized spacial score (nSPS) is 17.9. The fourth-order valence-electron chi connectivity index (χ4n) is 1.89. The maximum atomic E-state index is 12.3. The second kappa shape index (κ2) is 5.85. The standard InChI is InChI=1S/C12H14BrClN2O/c13-11-5-2-1-4-10(11)12(17)15-6-3-7-16(14)9-8-15/h1-2,4-5H,3,6-9H2. The molecule has 1 aromatic carbocycles. The molecule has 0 bridgehead atoms. The van der Waals surface area contributed by atoms with Gasteiger partial charge in [-0.2, -0.15) is 0 Å². The molecule has 1 aromatic rings. The van der Waals surface area contributed by atoms with Crippen molar-refractivity contribution in [1.82, 2.24) is 9.32 Å². The lowest BCUT2D eigenvalue weighted by Crippen LogP contribution is -2.34. The predicted octanol–water partition coefficient (Wildman–Crippen LogP) is 2.75. The molecule has 0 aliphatic carbocycles. The Bertz CT molecular complexity index is 413. The molecule has 0 radical (unpaired) electrons. The van der Waals surface area contributed by atoms with Crippen LogP contribution in [0.1, 0.15) is 16.8 Å². The summed E-state index contributed by atoms with van der Waals surface area (Å²) in [6.45, 7) is 3.01. The molecule has 2 rings (SSSR count). The van der Waals surface area contributed by atoms with Crippen LogP contribution in [0.5, 0.6) is 0 Å². The lowest BCUT2D eigenvalue weighted by atomic mass is 10.2. The van der Waals surface area contributed by atoms with E-state index in [0.717, 1.165) is 36.1 Å². The zero-order valence-corrected chi connectivity index (χ0v) is 11.7. The van der Waals surface area contributed by atoms with Gasteiger partial charge < -0.3 is 4.90 Å². The number of hydrogen-bond donors (Lipinski definition) is 0. The molecule has 0 aromatic heterocycles. The van der Waals surface area contributed by atoms with E-state index < -0.39 is 0 Å². The van der Waals surface area contributed by atoms with Gasteiger partial charge in [0.05, 0.1) is 5.56 Å². The molecular formula is C12H14BrClN2O. The van der Waals surface area contributed by atoms with Gasteiger partial charge in [-0.15, -0.1) is 0 Å². The molecule has 1 amide bonds. The predicted molar refractivity (Wildman–Crippen MR) is 72.1 cm³/mol. The first-order valence-corrected chi connectivity index (χ1v) is 6.76. The number of carbonyl (C=O) groups excluding carboxylic acids is 1. The van der Waals surface area contributed by atoms with Crippen LogP contribution in [-0.2, 0) is 0 Å². The summed E-state index contributed by atoms with van der Waals surface area (Å²) in [6.07, 6.45) is 0.916. The second-order valence-corrected chi connectivity index (χ2v) is 5.37. The molecule has 1 heterocycles. The van der Waals surface area contributed by atoms with Crippen molar-refractivity contribution in [3.8, 4) is 0 Å². The zero-order valence-electron chi connectivity index (χ0n) is 9.40. The highest BCUT2D eigenvalue weighted by Gasteiger charge is 2.20.